The fourth-order valence-electron chi connectivity index (χ4n) is 2.41. The van der Waals surface area contributed by atoms with E-state index in [1.807, 2.05) is 17.0 Å². The molecule has 127 valence electrons. The van der Waals surface area contributed by atoms with Crippen LogP contribution < -0.4 is 15.5 Å². The van der Waals surface area contributed by atoms with Crippen LogP contribution in [0.4, 0.5) is 0 Å². The molecule has 0 spiro atoms. The Morgan fingerprint density at radius 3 is 2.68 bits per heavy atom. The van der Waals surface area contributed by atoms with Crippen LogP contribution in [-0.2, 0) is 10.0 Å². The van der Waals surface area contributed by atoms with Gasteiger partial charge < -0.3 is 0 Å². The minimum atomic E-state index is -0.377. The van der Waals surface area contributed by atoms with Gasteiger partial charge in [0.1, 0.15) is 0 Å². The van der Waals surface area contributed by atoms with E-state index in [-0.39, 0.29) is 38.7 Å². The Balaban J connectivity index is 1.84. The van der Waals surface area contributed by atoms with Gasteiger partial charge in [-0.2, -0.15) is 0 Å². The molecule has 0 fully saturated rings. The van der Waals surface area contributed by atoms with E-state index in [0.29, 0.717) is 21.9 Å². The van der Waals surface area contributed by atoms with Gasteiger partial charge in [-0.25, -0.2) is 0 Å². The summed E-state index contributed by atoms with van der Waals surface area (Å²) in [4.78, 5) is 40.8. The molecule has 0 saturated carbocycles. The van der Waals surface area contributed by atoms with Gasteiger partial charge in [-0.3, -0.25) is 0 Å². The number of aromatic amines is 1. The van der Waals surface area contributed by atoms with E-state index >= 15 is 0 Å². The summed E-state index contributed by atoms with van der Waals surface area (Å²) in [6.45, 7) is 0. The van der Waals surface area contributed by atoms with Crippen LogP contribution >= 0.6 is 22.6 Å². The topological polar surface area (TPSA) is 88.3 Å². The molecule has 3 rings (SSSR count). The van der Waals surface area contributed by atoms with Crippen molar-refractivity contribution in [1.82, 2.24) is 10.3 Å². The third-order valence-corrected chi connectivity index (χ3v) is 6.32. The molecule has 2 heterocycles. The summed E-state index contributed by atoms with van der Waals surface area (Å²) >= 11 is 1.78. The standard InChI is InChI=1S/C17H13AsIN2O4/c1-25-15-8-20-10(5-14(15)22)6-18-7-13-12-4-9(19)2-3-11(12)16(23)21-17(13)24/h2-5,7-8H,6H2,1H3,(H,20,22)(H,21,23,24)/b13-7+. The number of carbonyl (C=O) groups excluding carboxylic acids is 2. The van der Waals surface area contributed by atoms with Crippen LogP contribution in [0.5, 0.6) is 5.75 Å². The van der Waals surface area contributed by atoms with Gasteiger partial charge in [-0.05, 0) is 0 Å². The van der Waals surface area contributed by atoms with Gasteiger partial charge in [0.05, 0.1) is 0 Å². The molecule has 2 aromatic rings. The number of benzene rings is 1. The molecule has 25 heavy (non-hydrogen) atoms. The van der Waals surface area contributed by atoms with Crippen molar-refractivity contribution in [3.05, 3.63) is 65.9 Å². The molecule has 1 aliphatic rings. The van der Waals surface area contributed by atoms with Crippen LogP contribution in [0.25, 0.3) is 5.57 Å². The predicted octanol–water partition coefficient (Wildman–Crippen LogP) is 1.50. The molecule has 1 aromatic heterocycles. The molecule has 1 aromatic carbocycles. The molecule has 0 aliphatic carbocycles. The zero-order valence-electron chi connectivity index (χ0n) is 13.1. The Labute approximate surface area is 163 Å². The number of carbonyl (C=O) groups is 2. The number of rotatable bonds is 4. The fraction of sp³-hybridized carbons (Fsp3) is 0.118. The zero-order valence-corrected chi connectivity index (χ0v) is 17.2. The summed E-state index contributed by atoms with van der Waals surface area (Å²) in [6, 6.07) is 6.91. The summed E-state index contributed by atoms with van der Waals surface area (Å²) in [5.74, 6) is -0.477. The molecule has 1 aliphatic heterocycles. The van der Waals surface area contributed by atoms with Crippen LogP contribution in [0.2, 0.25) is 0 Å². The van der Waals surface area contributed by atoms with Crippen molar-refractivity contribution < 1.29 is 14.3 Å². The van der Waals surface area contributed by atoms with Crippen molar-refractivity contribution in [2.24, 2.45) is 0 Å². The second kappa shape index (κ2) is 7.57. The van der Waals surface area contributed by atoms with E-state index in [0.717, 1.165) is 9.26 Å². The summed E-state index contributed by atoms with van der Waals surface area (Å²) in [5, 5.41) is 3.02. The number of halogens is 1. The van der Waals surface area contributed by atoms with E-state index < -0.39 is 0 Å². The number of methoxy groups -OCH3 is 1. The number of hydrogen-bond acceptors (Lipinski definition) is 4. The number of amides is 2. The summed E-state index contributed by atoms with van der Waals surface area (Å²) in [7, 11) is 1.45. The number of aromatic nitrogens is 1. The van der Waals surface area contributed by atoms with Crippen LogP contribution in [0.15, 0.2) is 40.1 Å². The number of H-pyrrole nitrogens is 1. The zero-order chi connectivity index (χ0) is 18.0. The van der Waals surface area contributed by atoms with E-state index in [4.69, 9.17) is 4.74 Å². The van der Waals surface area contributed by atoms with Gasteiger partial charge in [0.2, 0.25) is 0 Å². The maximum absolute atomic E-state index is 12.2. The third kappa shape index (κ3) is 3.87. The number of ether oxygens (including phenoxy) is 1. The van der Waals surface area contributed by atoms with E-state index in [2.05, 4.69) is 32.9 Å². The Hall–Kier alpha value is -1.86. The molecule has 0 unspecified atom stereocenters. The van der Waals surface area contributed by atoms with Gasteiger partial charge in [0, 0.05) is 0 Å². The Kier molecular flexibility index (Phi) is 5.44. The molecular weight excluding hydrogens is 498 g/mol. The van der Waals surface area contributed by atoms with E-state index in [1.165, 1.54) is 19.4 Å². The first-order valence-corrected chi connectivity index (χ1v) is 10.8. The SMILES string of the molecule is COc1c[nH]c(C[As]/C=C2/C(=O)NC(=O)c3ccc(I)cc32)cc1=O. The molecule has 2 amide bonds. The van der Waals surface area contributed by atoms with Crippen molar-refractivity contribution in [3.8, 4) is 5.75 Å². The number of hydrogen-bond donors (Lipinski definition) is 2. The fourth-order valence-corrected chi connectivity index (χ4v) is 4.81. The van der Waals surface area contributed by atoms with Gasteiger partial charge in [0.25, 0.3) is 0 Å². The number of pyridine rings is 1. The Morgan fingerprint density at radius 2 is 1.96 bits per heavy atom. The molecule has 6 nitrogen and oxygen atoms in total. The van der Waals surface area contributed by atoms with Crippen molar-refractivity contribution in [3.63, 3.8) is 0 Å². The van der Waals surface area contributed by atoms with Crippen molar-refractivity contribution in [1.29, 1.82) is 0 Å². The van der Waals surface area contributed by atoms with E-state index in [1.54, 1.807) is 6.07 Å². The molecule has 0 saturated heterocycles. The van der Waals surface area contributed by atoms with Gasteiger partial charge in [0.15, 0.2) is 0 Å². The van der Waals surface area contributed by atoms with Crippen LogP contribution in [0, 0.1) is 3.57 Å². The molecule has 1 radical (unpaired) electrons. The average molecular weight is 511 g/mol. The van der Waals surface area contributed by atoms with Crippen LogP contribution in [0.1, 0.15) is 21.6 Å². The molecule has 2 N–H and O–H groups in total. The van der Waals surface area contributed by atoms with Crippen molar-refractivity contribution in [2.45, 2.75) is 5.21 Å². The number of nitrogens with one attached hydrogen (secondary N) is 2. The second-order valence-electron chi connectivity index (χ2n) is 5.25. The maximum atomic E-state index is 12.2. The van der Waals surface area contributed by atoms with Crippen LogP contribution in [0.3, 0.4) is 0 Å². The Morgan fingerprint density at radius 1 is 1.16 bits per heavy atom. The minimum absolute atomic E-state index is 0.175. The molecule has 0 atom stereocenters. The molecule has 8 heteroatoms. The van der Waals surface area contributed by atoms with Gasteiger partial charge in [-0.1, -0.05) is 0 Å². The van der Waals surface area contributed by atoms with Gasteiger partial charge in [-0.15, -0.1) is 0 Å². The summed E-state index contributed by atoms with van der Waals surface area (Å²) in [5.41, 5.74) is 2.30. The normalized spacial score (nSPS) is 15.5. The first-order valence-electron chi connectivity index (χ1n) is 7.27. The van der Waals surface area contributed by atoms with Crippen molar-refractivity contribution in [2.75, 3.05) is 7.11 Å². The average Bonchev–Trinajstić information content (AvgIpc) is 2.57. The van der Waals surface area contributed by atoms with E-state index in [9.17, 15) is 14.4 Å². The summed E-state index contributed by atoms with van der Waals surface area (Å²) in [6.07, 6.45) is 1.54. The summed E-state index contributed by atoms with van der Waals surface area (Å²) < 4.78 is 5.90. The quantitative estimate of drug-likeness (QED) is 0.282. The first-order chi connectivity index (χ1) is 12.0. The Bertz CT molecular complexity index is 952. The number of imide groups is 1. The van der Waals surface area contributed by atoms with Crippen molar-refractivity contribution >= 4 is 55.7 Å². The molecular formula is C17H13AsIN2O4. The van der Waals surface area contributed by atoms with Gasteiger partial charge >= 0.3 is 164 Å². The van der Waals surface area contributed by atoms with Crippen LogP contribution in [-0.4, -0.2) is 39.7 Å². The molecule has 0 bridgehead atoms. The number of fused-ring (bicyclic) bond motifs is 1. The third-order valence-electron chi connectivity index (χ3n) is 3.63. The second-order valence-corrected chi connectivity index (χ2v) is 8.46. The predicted molar refractivity (Wildman–Crippen MR) is 103 cm³/mol. The first kappa shape index (κ1) is 17.9. The monoisotopic (exact) mass is 511 g/mol.